The van der Waals surface area contributed by atoms with E-state index in [4.69, 9.17) is 4.42 Å². The van der Waals surface area contributed by atoms with Crippen molar-refractivity contribution in [2.24, 2.45) is 0 Å². The fraction of sp³-hybridized carbons (Fsp3) is 0.143. The highest BCUT2D eigenvalue weighted by Crippen LogP contribution is 2.35. The van der Waals surface area contributed by atoms with Crippen molar-refractivity contribution in [1.29, 1.82) is 0 Å². The lowest BCUT2D eigenvalue weighted by molar-refractivity contribution is 0.670. The number of hydrogen-bond donors (Lipinski definition) is 0. The zero-order chi connectivity index (χ0) is 15.5. The number of hydrogen-bond acceptors (Lipinski definition) is 1. The van der Waals surface area contributed by atoms with Crippen molar-refractivity contribution < 1.29 is 4.42 Å². The van der Waals surface area contributed by atoms with Crippen LogP contribution in [0, 0.1) is 6.92 Å². The molecule has 0 fully saturated rings. The third-order valence-electron chi connectivity index (χ3n) is 3.73. The average molecular weight is 288 g/mol. The number of fused-ring (bicyclic) bond motifs is 3. The Morgan fingerprint density at radius 1 is 0.727 bits per heavy atom. The predicted molar refractivity (Wildman–Crippen MR) is 95.2 cm³/mol. The van der Waals surface area contributed by atoms with Gasteiger partial charge in [-0.3, -0.25) is 0 Å². The van der Waals surface area contributed by atoms with E-state index in [9.17, 15) is 0 Å². The van der Waals surface area contributed by atoms with E-state index in [1.165, 1.54) is 21.9 Å². The summed E-state index contributed by atoms with van der Waals surface area (Å²) in [6, 6.07) is 23.1. The summed E-state index contributed by atoms with van der Waals surface area (Å²) in [6.07, 6.45) is 0. The molecule has 0 bridgehead atoms. The Balaban J connectivity index is 0.000000693. The Bertz CT molecular complexity index is 915. The molecule has 0 aliphatic heterocycles. The summed E-state index contributed by atoms with van der Waals surface area (Å²) in [5.41, 5.74) is 5.54. The van der Waals surface area contributed by atoms with E-state index in [1.54, 1.807) is 0 Å². The molecule has 0 unspecified atom stereocenters. The van der Waals surface area contributed by atoms with Gasteiger partial charge in [0.1, 0.15) is 11.2 Å². The minimum absolute atomic E-state index is 0.947. The lowest BCUT2D eigenvalue weighted by Crippen LogP contribution is -1.80. The second-order valence-corrected chi connectivity index (χ2v) is 5.15. The minimum atomic E-state index is 0.947. The van der Waals surface area contributed by atoms with Crippen molar-refractivity contribution in [2.75, 3.05) is 0 Å². The number of para-hydroxylation sites is 2. The van der Waals surface area contributed by atoms with Gasteiger partial charge in [0, 0.05) is 16.3 Å². The van der Waals surface area contributed by atoms with E-state index >= 15 is 0 Å². The first-order chi connectivity index (χ1) is 10.8. The van der Waals surface area contributed by atoms with E-state index < -0.39 is 0 Å². The third-order valence-corrected chi connectivity index (χ3v) is 3.73. The first kappa shape index (κ1) is 14.4. The molecule has 0 aliphatic carbocycles. The van der Waals surface area contributed by atoms with Crippen LogP contribution in [0.4, 0.5) is 0 Å². The smallest absolute Gasteiger partial charge is 0.143 e. The van der Waals surface area contributed by atoms with Crippen LogP contribution < -0.4 is 0 Å². The van der Waals surface area contributed by atoms with Gasteiger partial charge < -0.3 is 4.42 Å². The van der Waals surface area contributed by atoms with Crippen LogP contribution in [0.15, 0.2) is 71.1 Å². The largest absolute Gasteiger partial charge is 0.455 e. The van der Waals surface area contributed by atoms with Crippen LogP contribution in [-0.4, -0.2) is 0 Å². The average Bonchev–Trinajstić information content (AvgIpc) is 2.95. The van der Waals surface area contributed by atoms with Crippen LogP contribution in [0.2, 0.25) is 0 Å². The molecule has 0 saturated heterocycles. The molecule has 0 amide bonds. The van der Waals surface area contributed by atoms with E-state index in [0.717, 1.165) is 16.7 Å². The number of furan rings is 1. The molecule has 3 aromatic carbocycles. The fourth-order valence-electron chi connectivity index (χ4n) is 2.79. The van der Waals surface area contributed by atoms with Crippen LogP contribution in [0.5, 0.6) is 0 Å². The SMILES string of the molecule is CC.Cc1cccc(-c2cccc3c2oc2ccccc23)c1. The number of rotatable bonds is 1. The van der Waals surface area contributed by atoms with Gasteiger partial charge in [-0.25, -0.2) is 0 Å². The maximum Gasteiger partial charge on any atom is 0.143 e. The van der Waals surface area contributed by atoms with Gasteiger partial charge in [0.15, 0.2) is 0 Å². The molecule has 0 radical (unpaired) electrons. The van der Waals surface area contributed by atoms with Crippen LogP contribution >= 0.6 is 0 Å². The molecule has 22 heavy (non-hydrogen) atoms. The van der Waals surface area contributed by atoms with Crippen LogP contribution in [0.1, 0.15) is 19.4 Å². The molecule has 4 aromatic rings. The van der Waals surface area contributed by atoms with Crippen molar-refractivity contribution in [2.45, 2.75) is 20.8 Å². The van der Waals surface area contributed by atoms with E-state index in [2.05, 4.69) is 61.5 Å². The highest BCUT2D eigenvalue weighted by atomic mass is 16.3. The van der Waals surface area contributed by atoms with Gasteiger partial charge in [-0.15, -0.1) is 0 Å². The zero-order valence-electron chi connectivity index (χ0n) is 13.3. The first-order valence-corrected chi connectivity index (χ1v) is 7.80. The second kappa shape index (κ2) is 6.07. The van der Waals surface area contributed by atoms with Crippen LogP contribution in [0.25, 0.3) is 33.1 Å². The molecule has 1 aromatic heterocycles. The summed E-state index contributed by atoms with van der Waals surface area (Å²) in [7, 11) is 0. The normalized spacial score (nSPS) is 10.5. The Kier molecular flexibility index (Phi) is 3.97. The molecule has 1 heteroatoms. The topological polar surface area (TPSA) is 13.1 Å². The molecule has 0 spiro atoms. The molecule has 0 atom stereocenters. The number of aryl methyl sites for hydroxylation is 1. The summed E-state index contributed by atoms with van der Waals surface area (Å²) in [5, 5.41) is 2.36. The maximum atomic E-state index is 6.08. The van der Waals surface area contributed by atoms with Gasteiger partial charge in [-0.2, -0.15) is 0 Å². The molecule has 110 valence electrons. The quantitative estimate of drug-likeness (QED) is 0.385. The van der Waals surface area contributed by atoms with E-state index in [1.807, 2.05) is 26.0 Å². The van der Waals surface area contributed by atoms with Gasteiger partial charge in [0.05, 0.1) is 0 Å². The van der Waals surface area contributed by atoms with Gasteiger partial charge >= 0.3 is 0 Å². The highest BCUT2D eigenvalue weighted by Gasteiger charge is 2.11. The molecular formula is C21H20O. The van der Waals surface area contributed by atoms with Crippen molar-refractivity contribution in [3.63, 3.8) is 0 Å². The molecular weight excluding hydrogens is 268 g/mol. The summed E-state index contributed by atoms with van der Waals surface area (Å²) in [4.78, 5) is 0. The molecule has 0 N–H and O–H groups in total. The lowest BCUT2D eigenvalue weighted by Gasteiger charge is -2.03. The predicted octanol–water partition coefficient (Wildman–Crippen LogP) is 6.59. The van der Waals surface area contributed by atoms with Gasteiger partial charge in [-0.05, 0) is 18.6 Å². The zero-order valence-corrected chi connectivity index (χ0v) is 13.3. The lowest BCUT2D eigenvalue weighted by atomic mass is 10.0. The Labute approximate surface area is 131 Å². The second-order valence-electron chi connectivity index (χ2n) is 5.15. The van der Waals surface area contributed by atoms with E-state index in [-0.39, 0.29) is 0 Å². The van der Waals surface area contributed by atoms with Gasteiger partial charge in [0.25, 0.3) is 0 Å². The van der Waals surface area contributed by atoms with Crippen molar-refractivity contribution in [3.05, 3.63) is 72.3 Å². The molecule has 1 nitrogen and oxygen atoms in total. The molecule has 4 rings (SSSR count). The highest BCUT2D eigenvalue weighted by molar-refractivity contribution is 6.09. The van der Waals surface area contributed by atoms with Gasteiger partial charge in [-0.1, -0.05) is 80.1 Å². The summed E-state index contributed by atoms with van der Waals surface area (Å²) >= 11 is 0. The maximum absolute atomic E-state index is 6.08. The Morgan fingerprint density at radius 3 is 2.27 bits per heavy atom. The fourth-order valence-corrected chi connectivity index (χ4v) is 2.79. The van der Waals surface area contributed by atoms with Gasteiger partial charge in [0.2, 0.25) is 0 Å². The Morgan fingerprint density at radius 2 is 1.45 bits per heavy atom. The standard InChI is InChI=1S/C19H14O.C2H6/c1-13-6-4-7-14(12-13)15-9-5-10-17-16-8-2-3-11-18(16)20-19(15)17;1-2/h2-12H,1H3;1-2H3. The van der Waals surface area contributed by atoms with Crippen molar-refractivity contribution in [1.82, 2.24) is 0 Å². The summed E-state index contributed by atoms with van der Waals surface area (Å²) in [5.74, 6) is 0. The summed E-state index contributed by atoms with van der Waals surface area (Å²) in [6.45, 7) is 6.11. The molecule has 1 heterocycles. The van der Waals surface area contributed by atoms with Crippen molar-refractivity contribution >= 4 is 21.9 Å². The Hall–Kier alpha value is -2.54. The number of benzene rings is 3. The minimum Gasteiger partial charge on any atom is -0.455 e. The first-order valence-electron chi connectivity index (χ1n) is 7.80. The molecule has 0 aliphatic rings. The van der Waals surface area contributed by atoms with E-state index in [0.29, 0.717) is 0 Å². The third kappa shape index (κ3) is 2.39. The van der Waals surface area contributed by atoms with Crippen LogP contribution in [-0.2, 0) is 0 Å². The summed E-state index contributed by atoms with van der Waals surface area (Å²) < 4.78 is 6.08. The molecule has 0 saturated carbocycles. The van der Waals surface area contributed by atoms with Crippen molar-refractivity contribution in [3.8, 4) is 11.1 Å². The van der Waals surface area contributed by atoms with Crippen LogP contribution in [0.3, 0.4) is 0 Å². The monoisotopic (exact) mass is 288 g/mol.